The fourth-order valence-corrected chi connectivity index (χ4v) is 2.34. The first kappa shape index (κ1) is 18.0. The molecule has 136 valence electrons. The van der Waals surface area contributed by atoms with Crippen LogP contribution in [0.3, 0.4) is 0 Å². The van der Waals surface area contributed by atoms with Gasteiger partial charge < -0.3 is 0 Å². The maximum absolute atomic E-state index is 13.6. The van der Waals surface area contributed by atoms with Gasteiger partial charge in [-0.25, -0.2) is 9.97 Å². The van der Waals surface area contributed by atoms with Crippen LogP contribution in [-0.2, 0) is 11.6 Å². The van der Waals surface area contributed by atoms with Gasteiger partial charge in [-0.3, -0.25) is 0 Å². The zero-order chi connectivity index (χ0) is 19.1. The molecule has 0 spiro atoms. The Hall–Kier alpha value is -2.84. The second-order valence-electron chi connectivity index (χ2n) is 6.95. The molecule has 0 fully saturated rings. The van der Waals surface area contributed by atoms with E-state index in [9.17, 15) is 13.2 Å². The summed E-state index contributed by atoms with van der Waals surface area (Å²) < 4.78 is 42.1. The van der Waals surface area contributed by atoms with Gasteiger partial charge in [0.05, 0.1) is 11.3 Å². The number of tetrazole rings is 1. The summed E-state index contributed by atoms with van der Waals surface area (Å²) in [6, 6.07) is 7.11. The molecule has 9 heteroatoms. The fraction of sp³-hybridized carbons (Fsp3) is 0.353. The number of nitrogens with zero attached hydrogens (tertiary/aromatic N) is 6. The molecular formula is C17H17F3N6. The molecule has 0 aliphatic heterocycles. The fourth-order valence-electron chi connectivity index (χ4n) is 2.34. The van der Waals surface area contributed by atoms with Crippen molar-refractivity contribution < 1.29 is 13.2 Å². The van der Waals surface area contributed by atoms with Crippen LogP contribution in [0.4, 0.5) is 13.2 Å². The van der Waals surface area contributed by atoms with Crippen molar-refractivity contribution in [2.24, 2.45) is 0 Å². The van der Waals surface area contributed by atoms with Crippen molar-refractivity contribution >= 4 is 0 Å². The average Bonchev–Trinajstić information content (AvgIpc) is 3.02. The van der Waals surface area contributed by atoms with E-state index >= 15 is 0 Å². The third-order valence-corrected chi connectivity index (χ3v) is 3.72. The van der Waals surface area contributed by atoms with Gasteiger partial charge in [-0.2, -0.15) is 17.9 Å². The lowest BCUT2D eigenvalue weighted by atomic mass is 9.95. The van der Waals surface area contributed by atoms with E-state index in [0.717, 1.165) is 11.8 Å². The van der Waals surface area contributed by atoms with Crippen molar-refractivity contribution in [1.29, 1.82) is 0 Å². The Labute approximate surface area is 148 Å². The molecule has 26 heavy (non-hydrogen) atoms. The van der Waals surface area contributed by atoms with E-state index in [1.807, 2.05) is 19.1 Å². The molecule has 0 atom stereocenters. The molecule has 2 aromatic heterocycles. The topological polar surface area (TPSA) is 69.4 Å². The first-order valence-electron chi connectivity index (χ1n) is 7.88. The summed E-state index contributed by atoms with van der Waals surface area (Å²) >= 11 is 0. The van der Waals surface area contributed by atoms with E-state index in [4.69, 9.17) is 0 Å². The molecule has 6 nitrogen and oxygen atoms in total. The Morgan fingerprint density at radius 1 is 1.00 bits per heavy atom. The molecule has 0 aliphatic rings. The van der Waals surface area contributed by atoms with Gasteiger partial charge in [-0.05, 0) is 29.5 Å². The molecule has 0 saturated carbocycles. The van der Waals surface area contributed by atoms with E-state index in [2.05, 4.69) is 25.5 Å². The van der Waals surface area contributed by atoms with E-state index in [0.29, 0.717) is 5.69 Å². The normalized spacial score (nSPS) is 12.4. The van der Waals surface area contributed by atoms with Crippen LogP contribution in [0.1, 0.15) is 37.9 Å². The summed E-state index contributed by atoms with van der Waals surface area (Å²) in [5.74, 6) is 0.0320. The van der Waals surface area contributed by atoms with Crippen LogP contribution in [0.15, 0.2) is 30.5 Å². The van der Waals surface area contributed by atoms with E-state index < -0.39 is 17.3 Å². The van der Waals surface area contributed by atoms with Gasteiger partial charge in [0.25, 0.3) is 0 Å². The summed E-state index contributed by atoms with van der Waals surface area (Å²) in [6.45, 7) is 7.15. The Morgan fingerprint density at radius 2 is 1.65 bits per heavy atom. The largest absolute Gasteiger partial charge is 0.434 e. The maximum atomic E-state index is 13.6. The number of aromatic nitrogens is 6. The number of rotatable bonds is 2. The highest BCUT2D eigenvalue weighted by molar-refractivity contribution is 5.60. The lowest BCUT2D eigenvalue weighted by Crippen LogP contribution is -2.21. The van der Waals surface area contributed by atoms with E-state index in [-0.39, 0.29) is 17.2 Å². The summed E-state index contributed by atoms with van der Waals surface area (Å²) in [4.78, 5) is 7.88. The number of alkyl halides is 3. The monoisotopic (exact) mass is 362 g/mol. The maximum Gasteiger partial charge on any atom is 0.434 e. The minimum absolute atomic E-state index is 0.0679. The highest BCUT2D eigenvalue weighted by atomic mass is 19.4. The number of aryl methyl sites for hydroxylation is 1. The van der Waals surface area contributed by atoms with Crippen molar-refractivity contribution in [3.63, 3.8) is 0 Å². The molecule has 3 rings (SSSR count). The van der Waals surface area contributed by atoms with Gasteiger partial charge in [0.1, 0.15) is 5.82 Å². The van der Waals surface area contributed by atoms with Crippen LogP contribution in [0, 0.1) is 6.92 Å². The highest BCUT2D eigenvalue weighted by Gasteiger charge is 2.39. The summed E-state index contributed by atoms with van der Waals surface area (Å²) in [5.41, 5.74) is -0.390. The smallest absolute Gasteiger partial charge is 0.240 e. The Morgan fingerprint density at radius 3 is 2.23 bits per heavy atom. The standard InChI is InChI=1S/C17H17F3N6/c1-10-5-7-11(8-6-10)26-14(23-24-25-26)12-9-21-15(16(2,3)4)22-13(12)17(18,19)20/h5-9H,1-4H3. The molecule has 0 bridgehead atoms. The van der Waals surface area contributed by atoms with Crippen molar-refractivity contribution in [3.05, 3.63) is 47.5 Å². The Bertz CT molecular complexity index is 923. The molecule has 0 amide bonds. The molecule has 0 saturated heterocycles. The van der Waals surface area contributed by atoms with Crippen molar-refractivity contribution in [2.45, 2.75) is 39.3 Å². The van der Waals surface area contributed by atoms with Crippen LogP contribution in [-0.4, -0.2) is 30.2 Å². The molecule has 1 aromatic carbocycles. The molecule has 0 aliphatic carbocycles. The average molecular weight is 362 g/mol. The zero-order valence-electron chi connectivity index (χ0n) is 14.7. The van der Waals surface area contributed by atoms with Crippen LogP contribution in [0.2, 0.25) is 0 Å². The molecule has 0 N–H and O–H groups in total. The number of halogens is 3. The van der Waals surface area contributed by atoms with Crippen molar-refractivity contribution in [3.8, 4) is 17.1 Å². The van der Waals surface area contributed by atoms with Crippen molar-refractivity contribution in [2.75, 3.05) is 0 Å². The molecule has 0 radical (unpaired) electrons. The second-order valence-corrected chi connectivity index (χ2v) is 6.95. The molecule has 0 unspecified atom stereocenters. The van der Waals surface area contributed by atoms with Crippen LogP contribution in [0.25, 0.3) is 17.1 Å². The highest BCUT2D eigenvalue weighted by Crippen LogP contribution is 2.36. The van der Waals surface area contributed by atoms with Gasteiger partial charge in [-0.1, -0.05) is 38.5 Å². The van der Waals surface area contributed by atoms with Crippen molar-refractivity contribution in [1.82, 2.24) is 30.2 Å². The predicted molar refractivity (Wildman–Crippen MR) is 88.6 cm³/mol. The van der Waals surface area contributed by atoms with Gasteiger partial charge in [0, 0.05) is 11.6 Å². The van der Waals surface area contributed by atoms with Crippen LogP contribution in [0.5, 0.6) is 0 Å². The van der Waals surface area contributed by atoms with Gasteiger partial charge in [-0.15, -0.1) is 5.10 Å². The van der Waals surface area contributed by atoms with Crippen LogP contribution >= 0.6 is 0 Å². The van der Waals surface area contributed by atoms with E-state index in [1.165, 1.54) is 4.68 Å². The molecular weight excluding hydrogens is 345 g/mol. The van der Waals surface area contributed by atoms with Gasteiger partial charge >= 0.3 is 6.18 Å². The predicted octanol–water partition coefficient (Wildman–Crippen LogP) is 3.74. The first-order chi connectivity index (χ1) is 12.1. The zero-order valence-corrected chi connectivity index (χ0v) is 14.7. The third kappa shape index (κ3) is 3.42. The quantitative estimate of drug-likeness (QED) is 0.694. The minimum atomic E-state index is -4.66. The minimum Gasteiger partial charge on any atom is -0.240 e. The first-order valence-corrected chi connectivity index (χ1v) is 7.88. The van der Waals surface area contributed by atoms with Gasteiger partial charge in [0.2, 0.25) is 0 Å². The lowest BCUT2D eigenvalue weighted by molar-refractivity contribution is -0.140. The Kier molecular flexibility index (Phi) is 4.25. The molecule has 3 aromatic rings. The second kappa shape index (κ2) is 6.15. The number of benzene rings is 1. The number of hydrogen-bond donors (Lipinski definition) is 0. The van der Waals surface area contributed by atoms with Gasteiger partial charge in [0.15, 0.2) is 11.5 Å². The number of hydrogen-bond acceptors (Lipinski definition) is 5. The Balaban J connectivity index is 2.19. The van der Waals surface area contributed by atoms with E-state index in [1.54, 1.807) is 32.9 Å². The summed E-state index contributed by atoms with van der Waals surface area (Å²) in [5, 5.41) is 11.1. The summed E-state index contributed by atoms with van der Waals surface area (Å²) in [7, 11) is 0. The lowest BCUT2D eigenvalue weighted by Gasteiger charge is -2.19. The van der Waals surface area contributed by atoms with Crippen LogP contribution < -0.4 is 0 Å². The summed E-state index contributed by atoms with van der Waals surface area (Å²) in [6.07, 6.45) is -3.53. The SMILES string of the molecule is Cc1ccc(-n2nnnc2-c2cnc(C(C)(C)C)nc2C(F)(F)F)cc1. The molecule has 2 heterocycles. The third-order valence-electron chi connectivity index (χ3n) is 3.72.